The van der Waals surface area contributed by atoms with Crippen LogP contribution in [0.15, 0.2) is 28.9 Å². The van der Waals surface area contributed by atoms with Crippen LogP contribution in [0, 0.1) is 0 Å². The summed E-state index contributed by atoms with van der Waals surface area (Å²) in [6.07, 6.45) is 2.38. The van der Waals surface area contributed by atoms with E-state index in [0.29, 0.717) is 15.9 Å². The van der Waals surface area contributed by atoms with Gasteiger partial charge in [0, 0.05) is 12.5 Å². The fraction of sp³-hybridized carbons (Fsp3) is 0.250. The summed E-state index contributed by atoms with van der Waals surface area (Å²) in [7, 11) is 0. The Morgan fingerprint density at radius 3 is 2.89 bits per heavy atom. The Morgan fingerprint density at radius 2 is 2.22 bits per heavy atom. The van der Waals surface area contributed by atoms with Crippen molar-refractivity contribution in [2.24, 2.45) is 0 Å². The molecule has 0 aromatic carbocycles. The molecule has 6 heteroatoms. The topological polar surface area (TPSA) is 64.1 Å². The molecule has 0 fully saturated rings. The fourth-order valence-electron chi connectivity index (χ4n) is 1.60. The van der Waals surface area contributed by atoms with E-state index in [2.05, 4.69) is 10.3 Å². The van der Waals surface area contributed by atoms with E-state index in [-0.39, 0.29) is 11.9 Å². The lowest BCUT2D eigenvalue weighted by Crippen LogP contribution is -2.19. The molecule has 0 saturated heterocycles. The molecule has 1 unspecified atom stereocenters. The average Bonchev–Trinajstić information content (AvgIpc) is 2.78. The summed E-state index contributed by atoms with van der Waals surface area (Å²) in [4.78, 5) is 4.11. The van der Waals surface area contributed by atoms with Crippen LogP contribution in [0.4, 0.5) is 11.6 Å². The number of nitrogen functional groups attached to an aromatic ring is 1. The SMILES string of the molecule is CC(Cc1ccco1)Nc1nc(N)c(Cl)cc1Cl. The first kappa shape index (κ1) is 13.1. The highest BCUT2D eigenvalue weighted by atomic mass is 35.5. The third kappa shape index (κ3) is 3.09. The third-order valence-corrected chi connectivity index (χ3v) is 3.02. The van der Waals surface area contributed by atoms with E-state index >= 15 is 0 Å². The Morgan fingerprint density at radius 1 is 1.44 bits per heavy atom. The van der Waals surface area contributed by atoms with Gasteiger partial charge in [0.15, 0.2) is 0 Å². The highest BCUT2D eigenvalue weighted by Gasteiger charge is 2.11. The average molecular weight is 286 g/mol. The molecular weight excluding hydrogens is 273 g/mol. The molecular formula is C12H13Cl2N3O. The predicted octanol–water partition coefficient (Wildman–Crippen LogP) is 3.61. The van der Waals surface area contributed by atoms with Gasteiger partial charge in [0.05, 0.1) is 16.3 Å². The number of nitrogens with zero attached hydrogens (tertiary/aromatic N) is 1. The van der Waals surface area contributed by atoms with Gasteiger partial charge in [-0.3, -0.25) is 0 Å². The molecule has 0 amide bonds. The van der Waals surface area contributed by atoms with Gasteiger partial charge in [0.1, 0.15) is 17.4 Å². The summed E-state index contributed by atoms with van der Waals surface area (Å²) in [5, 5.41) is 3.97. The highest BCUT2D eigenvalue weighted by Crippen LogP contribution is 2.27. The van der Waals surface area contributed by atoms with Crippen LogP contribution in [0.3, 0.4) is 0 Å². The number of pyridine rings is 1. The van der Waals surface area contributed by atoms with Gasteiger partial charge < -0.3 is 15.5 Å². The van der Waals surface area contributed by atoms with Crippen molar-refractivity contribution in [3.63, 3.8) is 0 Å². The summed E-state index contributed by atoms with van der Waals surface area (Å²) in [6.45, 7) is 2.01. The quantitative estimate of drug-likeness (QED) is 0.901. The Hall–Kier alpha value is -1.39. The molecule has 0 aliphatic carbocycles. The van der Waals surface area contributed by atoms with Crippen LogP contribution < -0.4 is 11.1 Å². The molecule has 2 aromatic rings. The maximum Gasteiger partial charge on any atom is 0.147 e. The van der Waals surface area contributed by atoms with Crippen LogP contribution in [-0.4, -0.2) is 11.0 Å². The maximum absolute atomic E-state index is 6.04. The highest BCUT2D eigenvalue weighted by molar-refractivity contribution is 6.37. The van der Waals surface area contributed by atoms with Crippen LogP contribution >= 0.6 is 23.2 Å². The molecule has 0 saturated carbocycles. The lowest BCUT2D eigenvalue weighted by molar-refractivity contribution is 0.497. The minimum Gasteiger partial charge on any atom is -0.469 e. The van der Waals surface area contributed by atoms with Gasteiger partial charge in [-0.2, -0.15) is 0 Å². The number of furan rings is 1. The number of aromatic nitrogens is 1. The molecule has 2 heterocycles. The van der Waals surface area contributed by atoms with Crippen LogP contribution in [0.1, 0.15) is 12.7 Å². The van der Waals surface area contributed by atoms with E-state index in [1.165, 1.54) is 0 Å². The number of nitrogens with two attached hydrogens (primary N) is 1. The minimum atomic E-state index is 0.113. The summed E-state index contributed by atoms with van der Waals surface area (Å²) in [5.74, 6) is 1.68. The summed E-state index contributed by atoms with van der Waals surface area (Å²) in [6, 6.07) is 5.46. The molecule has 0 radical (unpaired) electrons. The van der Waals surface area contributed by atoms with Crippen molar-refractivity contribution >= 4 is 34.8 Å². The van der Waals surface area contributed by atoms with Gasteiger partial charge in [-0.1, -0.05) is 23.2 Å². The Bertz CT molecular complexity index is 528. The molecule has 4 nitrogen and oxygen atoms in total. The molecule has 0 aliphatic rings. The van der Waals surface area contributed by atoms with Gasteiger partial charge in [0.2, 0.25) is 0 Å². The lowest BCUT2D eigenvalue weighted by atomic mass is 10.2. The maximum atomic E-state index is 6.04. The zero-order chi connectivity index (χ0) is 13.1. The van der Waals surface area contributed by atoms with Crippen molar-refractivity contribution in [2.75, 3.05) is 11.1 Å². The van der Waals surface area contributed by atoms with Gasteiger partial charge in [-0.15, -0.1) is 0 Å². The first-order valence-electron chi connectivity index (χ1n) is 5.46. The van der Waals surface area contributed by atoms with Crippen molar-refractivity contribution < 1.29 is 4.42 Å². The molecule has 0 spiro atoms. The standard InChI is InChI=1S/C12H13Cl2N3O/c1-7(5-8-3-2-4-18-8)16-12-10(14)6-9(13)11(15)17-12/h2-4,6-7H,5H2,1H3,(H3,15,16,17). The number of halogens is 2. The number of hydrogen-bond donors (Lipinski definition) is 2. The van der Waals surface area contributed by atoms with E-state index in [9.17, 15) is 0 Å². The van der Waals surface area contributed by atoms with Crippen LogP contribution in [0.25, 0.3) is 0 Å². The third-order valence-electron chi connectivity index (χ3n) is 2.43. The Balaban J connectivity index is 2.07. The molecule has 0 bridgehead atoms. The molecule has 18 heavy (non-hydrogen) atoms. The van der Waals surface area contributed by atoms with Crippen molar-refractivity contribution in [1.29, 1.82) is 0 Å². The van der Waals surface area contributed by atoms with Crippen molar-refractivity contribution in [1.82, 2.24) is 4.98 Å². The van der Waals surface area contributed by atoms with E-state index in [1.54, 1.807) is 12.3 Å². The predicted molar refractivity (Wildman–Crippen MR) is 74.2 cm³/mol. The molecule has 3 N–H and O–H groups in total. The Labute approximate surface area is 115 Å². The van der Waals surface area contributed by atoms with Crippen LogP contribution in [-0.2, 0) is 6.42 Å². The molecule has 2 rings (SSSR count). The van der Waals surface area contributed by atoms with E-state index in [0.717, 1.165) is 12.2 Å². The smallest absolute Gasteiger partial charge is 0.147 e. The van der Waals surface area contributed by atoms with Gasteiger partial charge in [-0.25, -0.2) is 4.98 Å². The molecule has 96 valence electrons. The largest absolute Gasteiger partial charge is 0.469 e. The summed E-state index contributed by atoms with van der Waals surface area (Å²) in [5.41, 5.74) is 5.64. The first-order valence-corrected chi connectivity index (χ1v) is 6.22. The fourth-order valence-corrected chi connectivity index (χ4v) is 2.01. The number of rotatable bonds is 4. The monoisotopic (exact) mass is 285 g/mol. The van der Waals surface area contributed by atoms with Gasteiger partial charge >= 0.3 is 0 Å². The molecule has 2 aromatic heterocycles. The second-order valence-electron chi connectivity index (χ2n) is 4.01. The molecule has 1 atom stereocenters. The summed E-state index contributed by atoms with van der Waals surface area (Å²) < 4.78 is 5.28. The number of anilines is 2. The van der Waals surface area contributed by atoms with E-state index < -0.39 is 0 Å². The zero-order valence-electron chi connectivity index (χ0n) is 9.78. The van der Waals surface area contributed by atoms with Crippen molar-refractivity contribution in [2.45, 2.75) is 19.4 Å². The Kier molecular flexibility index (Phi) is 3.99. The minimum absolute atomic E-state index is 0.113. The molecule has 0 aliphatic heterocycles. The van der Waals surface area contributed by atoms with Crippen LogP contribution in [0.2, 0.25) is 10.0 Å². The second kappa shape index (κ2) is 5.50. The van der Waals surface area contributed by atoms with E-state index in [1.807, 2.05) is 19.1 Å². The zero-order valence-corrected chi connectivity index (χ0v) is 11.3. The van der Waals surface area contributed by atoms with Crippen molar-refractivity contribution in [3.05, 3.63) is 40.3 Å². The lowest BCUT2D eigenvalue weighted by Gasteiger charge is -2.15. The number of hydrogen-bond acceptors (Lipinski definition) is 4. The first-order chi connectivity index (χ1) is 8.56. The van der Waals surface area contributed by atoms with Crippen LogP contribution in [0.5, 0.6) is 0 Å². The van der Waals surface area contributed by atoms with Gasteiger partial charge in [-0.05, 0) is 25.1 Å². The van der Waals surface area contributed by atoms with Crippen molar-refractivity contribution in [3.8, 4) is 0 Å². The van der Waals surface area contributed by atoms with Gasteiger partial charge in [0.25, 0.3) is 0 Å². The summed E-state index contributed by atoms with van der Waals surface area (Å²) >= 11 is 11.9. The second-order valence-corrected chi connectivity index (χ2v) is 4.83. The normalized spacial score (nSPS) is 12.4. The van der Waals surface area contributed by atoms with E-state index in [4.69, 9.17) is 33.4 Å². The number of nitrogens with one attached hydrogen (secondary N) is 1.